The fraction of sp³-hybridized carbons (Fsp3) is 0.389. The molecule has 1 N–H and O–H groups in total. The first-order valence-corrected chi connectivity index (χ1v) is 8.54. The molecular weight excluding hydrogens is 326 g/mol. The molecule has 0 radical (unpaired) electrons. The predicted octanol–water partition coefficient (Wildman–Crippen LogP) is 2.93. The van der Waals surface area contributed by atoms with Crippen molar-refractivity contribution in [3.63, 3.8) is 0 Å². The summed E-state index contributed by atoms with van der Waals surface area (Å²) in [6.45, 7) is 1.73. The molecule has 1 fully saturated rings. The Morgan fingerprint density at radius 3 is 2.79 bits per heavy atom. The first-order valence-electron chi connectivity index (χ1n) is 8.17. The van der Waals surface area contributed by atoms with Gasteiger partial charge in [-0.05, 0) is 31.9 Å². The number of halogens is 1. The van der Waals surface area contributed by atoms with Crippen molar-refractivity contribution in [3.8, 4) is 11.4 Å². The molecule has 0 bridgehead atoms. The molecule has 0 saturated heterocycles. The van der Waals surface area contributed by atoms with Crippen molar-refractivity contribution in [2.24, 2.45) is 0 Å². The molecular formula is C18H20ClN3O2. The maximum Gasteiger partial charge on any atom is 0.254 e. The minimum Gasteiger partial charge on any atom is -0.352 e. The van der Waals surface area contributed by atoms with Gasteiger partial charge in [0, 0.05) is 28.4 Å². The molecule has 6 heteroatoms. The summed E-state index contributed by atoms with van der Waals surface area (Å²) >= 11 is 6.05. The summed E-state index contributed by atoms with van der Waals surface area (Å²) in [5.74, 6) is 0.307. The zero-order valence-corrected chi connectivity index (χ0v) is 14.3. The number of rotatable bonds is 4. The van der Waals surface area contributed by atoms with E-state index in [1.54, 1.807) is 25.1 Å². The summed E-state index contributed by atoms with van der Waals surface area (Å²) in [5, 5.41) is 3.57. The van der Waals surface area contributed by atoms with Crippen molar-refractivity contribution in [2.45, 2.75) is 45.2 Å². The maximum atomic E-state index is 12.4. The number of benzene rings is 1. The number of hydrogen-bond acceptors (Lipinski definition) is 3. The molecule has 1 saturated carbocycles. The van der Waals surface area contributed by atoms with E-state index in [9.17, 15) is 9.59 Å². The second-order valence-corrected chi connectivity index (χ2v) is 6.64. The number of nitrogens with zero attached hydrogens (tertiary/aromatic N) is 2. The van der Waals surface area contributed by atoms with Crippen LogP contribution < -0.4 is 10.9 Å². The quantitative estimate of drug-likeness (QED) is 0.926. The molecule has 1 aliphatic carbocycles. The predicted molar refractivity (Wildman–Crippen MR) is 94.1 cm³/mol. The highest BCUT2D eigenvalue weighted by molar-refractivity contribution is 6.30. The van der Waals surface area contributed by atoms with Gasteiger partial charge in [0.2, 0.25) is 5.91 Å². The minimum absolute atomic E-state index is 0.0372. The molecule has 1 aliphatic rings. The van der Waals surface area contributed by atoms with Crippen molar-refractivity contribution in [2.75, 3.05) is 0 Å². The lowest BCUT2D eigenvalue weighted by molar-refractivity contribution is -0.122. The highest BCUT2D eigenvalue weighted by Gasteiger charge is 2.19. The number of nitrogens with one attached hydrogen (secondary N) is 1. The van der Waals surface area contributed by atoms with Crippen molar-refractivity contribution in [1.29, 1.82) is 0 Å². The molecule has 1 amide bonds. The summed E-state index contributed by atoms with van der Waals surface area (Å²) in [5.41, 5.74) is 1.10. The van der Waals surface area contributed by atoms with Gasteiger partial charge in [0.15, 0.2) is 0 Å². The number of aromatic nitrogens is 2. The number of hydrogen-bond donors (Lipinski definition) is 1. The largest absolute Gasteiger partial charge is 0.352 e. The van der Waals surface area contributed by atoms with Gasteiger partial charge < -0.3 is 5.32 Å². The standard InChI is InChI=1S/C18H20ClN3O2/c1-12-9-17(24)22(11-16(23)21-15-7-2-3-8-15)18(20-12)13-5-4-6-14(19)10-13/h4-6,9-10,15H,2-3,7-8,11H2,1H3,(H,21,23). The van der Waals surface area contributed by atoms with E-state index in [0.29, 0.717) is 16.5 Å². The van der Waals surface area contributed by atoms with Crippen molar-refractivity contribution in [1.82, 2.24) is 14.9 Å². The van der Waals surface area contributed by atoms with E-state index in [2.05, 4.69) is 10.3 Å². The Kier molecular flexibility index (Phi) is 5.00. The van der Waals surface area contributed by atoms with Gasteiger partial charge in [0.25, 0.3) is 5.56 Å². The van der Waals surface area contributed by atoms with Crippen LogP contribution in [0.5, 0.6) is 0 Å². The van der Waals surface area contributed by atoms with Crippen LogP contribution in [0.15, 0.2) is 35.1 Å². The Labute approximate surface area is 145 Å². The fourth-order valence-corrected chi connectivity index (χ4v) is 3.30. The Morgan fingerprint density at radius 2 is 2.08 bits per heavy atom. The van der Waals surface area contributed by atoms with Gasteiger partial charge in [-0.1, -0.05) is 36.6 Å². The molecule has 1 aromatic carbocycles. The lowest BCUT2D eigenvalue weighted by atomic mass is 10.2. The van der Waals surface area contributed by atoms with E-state index in [0.717, 1.165) is 31.2 Å². The average molecular weight is 346 g/mol. The average Bonchev–Trinajstić information content (AvgIpc) is 3.02. The van der Waals surface area contributed by atoms with Gasteiger partial charge in [-0.25, -0.2) is 4.98 Å². The third-order valence-electron chi connectivity index (χ3n) is 4.24. The summed E-state index contributed by atoms with van der Waals surface area (Å²) in [6, 6.07) is 8.80. The van der Waals surface area contributed by atoms with Crippen LogP contribution in [-0.4, -0.2) is 21.5 Å². The fourth-order valence-electron chi connectivity index (χ4n) is 3.11. The topological polar surface area (TPSA) is 64.0 Å². The van der Waals surface area contributed by atoms with E-state index in [-0.39, 0.29) is 24.1 Å². The van der Waals surface area contributed by atoms with Crippen LogP contribution in [-0.2, 0) is 11.3 Å². The number of carbonyl (C=O) groups is 1. The Morgan fingerprint density at radius 1 is 1.33 bits per heavy atom. The van der Waals surface area contributed by atoms with Crippen LogP contribution >= 0.6 is 11.6 Å². The van der Waals surface area contributed by atoms with Gasteiger partial charge in [-0.3, -0.25) is 14.2 Å². The normalized spacial score (nSPS) is 14.8. The first-order chi connectivity index (χ1) is 11.5. The minimum atomic E-state index is -0.237. The molecule has 2 aromatic rings. The van der Waals surface area contributed by atoms with Crippen LogP contribution in [0, 0.1) is 6.92 Å². The maximum absolute atomic E-state index is 12.4. The third kappa shape index (κ3) is 3.85. The Balaban J connectivity index is 1.91. The van der Waals surface area contributed by atoms with Crippen LogP contribution in [0.1, 0.15) is 31.4 Å². The Hall–Kier alpha value is -2.14. The van der Waals surface area contributed by atoms with E-state index < -0.39 is 0 Å². The zero-order valence-electron chi connectivity index (χ0n) is 13.6. The van der Waals surface area contributed by atoms with Crippen molar-refractivity contribution < 1.29 is 4.79 Å². The molecule has 0 spiro atoms. The smallest absolute Gasteiger partial charge is 0.254 e. The molecule has 1 aromatic heterocycles. The number of amides is 1. The van der Waals surface area contributed by atoms with Crippen LogP contribution in [0.4, 0.5) is 0 Å². The molecule has 3 rings (SSSR count). The van der Waals surface area contributed by atoms with Gasteiger partial charge in [0.1, 0.15) is 12.4 Å². The second kappa shape index (κ2) is 7.18. The molecule has 126 valence electrons. The summed E-state index contributed by atoms with van der Waals surface area (Å²) in [7, 11) is 0. The summed E-state index contributed by atoms with van der Waals surface area (Å²) in [4.78, 5) is 29.2. The van der Waals surface area contributed by atoms with Crippen molar-refractivity contribution in [3.05, 3.63) is 51.4 Å². The van der Waals surface area contributed by atoms with Gasteiger partial charge >= 0.3 is 0 Å². The number of carbonyl (C=O) groups excluding carboxylic acids is 1. The van der Waals surface area contributed by atoms with Crippen LogP contribution in [0.2, 0.25) is 5.02 Å². The third-order valence-corrected chi connectivity index (χ3v) is 4.48. The van der Waals surface area contributed by atoms with Gasteiger partial charge in [0.05, 0.1) is 0 Å². The molecule has 0 aliphatic heterocycles. The zero-order chi connectivity index (χ0) is 17.1. The van der Waals surface area contributed by atoms with E-state index in [1.165, 1.54) is 10.6 Å². The lowest BCUT2D eigenvalue weighted by Gasteiger charge is -2.15. The van der Waals surface area contributed by atoms with Crippen LogP contribution in [0.3, 0.4) is 0 Å². The Bertz CT molecular complexity index is 810. The van der Waals surface area contributed by atoms with E-state index in [1.807, 2.05) is 6.07 Å². The molecule has 24 heavy (non-hydrogen) atoms. The van der Waals surface area contributed by atoms with Gasteiger partial charge in [-0.15, -0.1) is 0 Å². The van der Waals surface area contributed by atoms with Crippen LogP contribution in [0.25, 0.3) is 11.4 Å². The van der Waals surface area contributed by atoms with Crippen molar-refractivity contribution >= 4 is 17.5 Å². The first kappa shape index (κ1) is 16.7. The number of aryl methyl sites for hydroxylation is 1. The summed E-state index contributed by atoms with van der Waals surface area (Å²) in [6.07, 6.45) is 4.30. The monoisotopic (exact) mass is 345 g/mol. The summed E-state index contributed by atoms with van der Waals surface area (Å²) < 4.78 is 1.41. The SMILES string of the molecule is Cc1cc(=O)n(CC(=O)NC2CCCC2)c(-c2cccc(Cl)c2)n1. The lowest BCUT2D eigenvalue weighted by Crippen LogP contribution is -2.38. The molecule has 1 heterocycles. The van der Waals surface area contributed by atoms with Gasteiger partial charge in [-0.2, -0.15) is 0 Å². The van der Waals surface area contributed by atoms with E-state index in [4.69, 9.17) is 11.6 Å². The highest BCUT2D eigenvalue weighted by Crippen LogP contribution is 2.21. The highest BCUT2D eigenvalue weighted by atomic mass is 35.5. The molecule has 0 atom stereocenters. The molecule has 5 nitrogen and oxygen atoms in total. The molecule has 0 unspecified atom stereocenters. The second-order valence-electron chi connectivity index (χ2n) is 6.20. The van der Waals surface area contributed by atoms with E-state index >= 15 is 0 Å².